The molecule has 0 saturated carbocycles. The van der Waals surface area contributed by atoms with Crippen molar-refractivity contribution in [3.05, 3.63) is 35.1 Å². The summed E-state index contributed by atoms with van der Waals surface area (Å²) in [4.78, 5) is 13.4. The van der Waals surface area contributed by atoms with Gasteiger partial charge in [-0.2, -0.15) is 0 Å². The minimum Gasteiger partial charge on any atom is -0.342 e. The Morgan fingerprint density at radius 1 is 1.33 bits per heavy atom. The van der Waals surface area contributed by atoms with Crippen molar-refractivity contribution < 1.29 is 18.0 Å². The Hall–Kier alpha value is -1.04. The molecule has 1 unspecified atom stereocenters. The molecule has 0 aromatic heterocycles. The SMILES string of the molecule is CC(Br)CCN(C)C(=O)c1cc(F)c(F)c(F)c1. The molecule has 1 aromatic rings. The van der Waals surface area contributed by atoms with Crippen LogP contribution < -0.4 is 0 Å². The lowest BCUT2D eigenvalue weighted by Crippen LogP contribution is -2.29. The van der Waals surface area contributed by atoms with E-state index in [2.05, 4.69) is 15.9 Å². The molecular formula is C12H13BrF3NO. The molecule has 18 heavy (non-hydrogen) atoms. The smallest absolute Gasteiger partial charge is 0.253 e. The van der Waals surface area contributed by atoms with Gasteiger partial charge >= 0.3 is 0 Å². The van der Waals surface area contributed by atoms with Crippen molar-refractivity contribution >= 4 is 21.8 Å². The maximum absolute atomic E-state index is 13.0. The van der Waals surface area contributed by atoms with E-state index in [1.54, 1.807) is 0 Å². The molecule has 0 spiro atoms. The second-order valence-corrected chi connectivity index (χ2v) is 5.61. The van der Waals surface area contributed by atoms with Crippen LogP contribution in [-0.4, -0.2) is 29.2 Å². The number of carbonyl (C=O) groups is 1. The van der Waals surface area contributed by atoms with Crippen molar-refractivity contribution in [2.75, 3.05) is 13.6 Å². The normalized spacial score (nSPS) is 12.3. The highest BCUT2D eigenvalue weighted by Gasteiger charge is 2.17. The number of nitrogens with zero attached hydrogens (tertiary/aromatic N) is 1. The number of hydrogen-bond acceptors (Lipinski definition) is 1. The maximum Gasteiger partial charge on any atom is 0.253 e. The number of halogens is 4. The summed E-state index contributed by atoms with van der Waals surface area (Å²) >= 11 is 3.33. The van der Waals surface area contributed by atoms with E-state index in [0.717, 1.165) is 0 Å². The van der Waals surface area contributed by atoms with Gasteiger partial charge in [-0.1, -0.05) is 22.9 Å². The first-order valence-electron chi connectivity index (χ1n) is 5.37. The Morgan fingerprint density at radius 2 is 1.83 bits per heavy atom. The van der Waals surface area contributed by atoms with Gasteiger partial charge in [-0.25, -0.2) is 13.2 Å². The van der Waals surface area contributed by atoms with Crippen molar-refractivity contribution in [3.8, 4) is 0 Å². The van der Waals surface area contributed by atoms with Crippen LogP contribution in [0.3, 0.4) is 0 Å². The van der Waals surface area contributed by atoms with Gasteiger partial charge in [-0.05, 0) is 18.6 Å². The average molecular weight is 324 g/mol. The van der Waals surface area contributed by atoms with Crippen LogP contribution in [-0.2, 0) is 0 Å². The molecule has 6 heteroatoms. The standard InChI is InChI=1S/C12H13BrF3NO/c1-7(13)3-4-17(2)12(18)8-5-9(14)11(16)10(15)6-8/h5-7H,3-4H2,1-2H3. The lowest BCUT2D eigenvalue weighted by Gasteiger charge is -2.18. The van der Waals surface area contributed by atoms with E-state index in [1.807, 2.05) is 6.92 Å². The molecule has 1 amide bonds. The molecule has 1 atom stereocenters. The number of amides is 1. The Labute approximate surface area is 112 Å². The first-order chi connectivity index (χ1) is 8.32. The minimum atomic E-state index is -1.57. The highest BCUT2D eigenvalue weighted by molar-refractivity contribution is 9.09. The fourth-order valence-electron chi connectivity index (χ4n) is 1.37. The summed E-state index contributed by atoms with van der Waals surface area (Å²) in [5.41, 5.74) is -0.198. The van der Waals surface area contributed by atoms with E-state index >= 15 is 0 Å². The molecule has 0 aliphatic carbocycles. The van der Waals surface area contributed by atoms with E-state index in [0.29, 0.717) is 25.1 Å². The zero-order chi connectivity index (χ0) is 13.9. The van der Waals surface area contributed by atoms with E-state index in [4.69, 9.17) is 0 Å². The van der Waals surface area contributed by atoms with Gasteiger partial charge in [0.1, 0.15) is 0 Å². The van der Waals surface area contributed by atoms with Crippen molar-refractivity contribution in [1.82, 2.24) is 4.90 Å². The topological polar surface area (TPSA) is 20.3 Å². The third-order valence-electron chi connectivity index (χ3n) is 2.44. The number of hydrogen-bond donors (Lipinski definition) is 0. The van der Waals surface area contributed by atoms with Gasteiger partial charge in [-0.3, -0.25) is 4.79 Å². The first-order valence-corrected chi connectivity index (χ1v) is 6.28. The molecule has 0 bridgehead atoms. The van der Waals surface area contributed by atoms with E-state index < -0.39 is 23.4 Å². The minimum absolute atomic E-state index is 0.198. The predicted molar refractivity (Wildman–Crippen MR) is 66.3 cm³/mol. The van der Waals surface area contributed by atoms with Crippen LogP contribution in [0.5, 0.6) is 0 Å². The van der Waals surface area contributed by atoms with Crippen LogP contribution in [0, 0.1) is 17.5 Å². The molecule has 0 radical (unpaired) electrons. The van der Waals surface area contributed by atoms with Gasteiger partial charge in [0.25, 0.3) is 5.91 Å². The third kappa shape index (κ3) is 3.73. The van der Waals surface area contributed by atoms with Gasteiger partial charge in [0.15, 0.2) is 17.5 Å². The Kier molecular flexibility index (Phi) is 5.19. The van der Waals surface area contributed by atoms with Crippen LogP contribution in [0.4, 0.5) is 13.2 Å². The molecule has 2 nitrogen and oxygen atoms in total. The first kappa shape index (κ1) is 15.0. The largest absolute Gasteiger partial charge is 0.342 e. The number of carbonyl (C=O) groups excluding carboxylic acids is 1. The predicted octanol–water partition coefficient (Wildman–Crippen LogP) is 3.35. The Balaban J connectivity index is 2.84. The van der Waals surface area contributed by atoms with E-state index in [9.17, 15) is 18.0 Å². The molecule has 1 aromatic carbocycles. The van der Waals surface area contributed by atoms with Crippen molar-refractivity contribution in [2.45, 2.75) is 18.2 Å². The molecule has 0 aliphatic rings. The van der Waals surface area contributed by atoms with Crippen LogP contribution in [0.15, 0.2) is 12.1 Å². The number of benzene rings is 1. The average Bonchev–Trinajstić information content (AvgIpc) is 2.31. The summed E-state index contributed by atoms with van der Waals surface area (Å²) in [6.07, 6.45) is 0.703. The van der Waals surface area contributed by atoms with Crippen molar-refractivity contribution in [2.24, 2.45) is 0 Å². The van der Waals surface area contributed by atoms with Crippen LogP contribution in [0.25, 0.3) is 0 Å². The zero-order valence-corrected chi connectivity index (χ0v) is 11.6. The molecule has 0 aliphatic heterocycles. The zero-order valence-electron chi connectivity index (χ0n) is 10.0. The Morgan fingerprint density at radius 3 is 2.28 bits per heavy atom. The summed E-state index contributed by atoms with van der Waals surface area (Å²) in [5, 5.41) is 0. The number of alkyl halides is 1. The summed E-state index contributed by atoms with van der Waals surface area (Å²) in [7, 11) is 1.52. The quantitative estimate of drug-likeness (QED) is 0.614. The van der Waals surface area contributed by atoms with Gasteiger partial charge in [0.05, 0.1) is 0 Å². The van der Waals surface area contributed by atoms with Crippen LogP contribution in [0.2, 0.25) is 0 Å². The lowest BCUT2D eigenvalue weighted by molar-refractivity contribution is 0.0792. The lowest BCUT2D eigenvalue weighted by atomic mass is 10.1. The fraction of sp³-hybridized carbons (Fsp3) is 0.417. The second kappa shape index (κ2) is 6.22. The van der Waals surface area contributed by atoms with E-state index in [1.165, 1.54) is 11.9 Å². The third-order valence-corrected chi connectivity index (χ3v) is 2.90. The van der Waals surface area contributed by atoms with E-state index in [-0.39, 0.29) is 10.4 Å². The molecule has 0 N–H and O–H groups in total. The van der Waals surface area contributed by atoms with Gasteiger partial charge < -0.3 is 4.90 Å². The monoisotopic (exact) mass is 323 g/mol. The fourth-order valence-corrected chi connectivity index (χ4v) is 1.58. The summed E-state index contributed by atoms with van der Waals surface area (Å²) < 4.78 is 38.7. The maximum atomic E-state index is 13.0. The molecule has 0 saturated heterocycles. The number of rotatable bonds is 4. The van der Waals surface area contributed by atoms with Crippen LogP contribution in [0.1, 0.15) is 23.7 Å². The summed E-state index contributed by atoms with van der Waals surface area (Å²) in [6, 6.07) is 1.41. The summed E-state index contributed by atoms with van der Waals surface area (Å²) in [5.74, 6) is -4.83. The molecule has 1 rings (SSSR count). The highest BCUT2D eigenvalue weighted by atomic mass is 79.9. The molecule has 0 heterocycles. The van der Waals surface area contributed by atoms with Gasteiger partial charge in [0.2, 0.25) is 0 Å². The highest BCUT2D eigenvalue weighted by Crippen LogP contribution is 2.15. The summed E-state index contributed by atoms with van der Waals surface area (Å²) in [6.45, 7) is 2.36. The molecule has 100 valence electrons. The second-order valence-electron chi connectivity index (χ2n) is 4.05. The van der Waals surface area contributed by atoms with Crippen molar-refractivity contribution in [3.63, 3.8) is 0 Å². The molecule has 0 fully saturated rings. The van der Waals surface area contributed by atoms with Crippen molar-refractivity contribution in [1.29, 1.82) is 0 Å². The van der Waals surface area contributed by atoms with Gasteiger partial charge in [-0.15, -0.1) is 0 Å². The molecular weight excluding hydrogens is 311 g/mol. The van der Waals surface area contributed by atoms with Gasteiger partial charge in [0, 0.05) is 24.0 Å². The van der Waals surface area contributed by atoms with Crippen LogP contribution >= 0.6 is 15.9 Å². The Bertz CT molecular complexity index is 428.